The lowest BCUT2D eigenvalue weighted by atomic mass is 10.0. The van der Waals surface area contributed by atoms with E-state index in [0.29, 0.717) is 0 Å². The van der Waals surface area contributed by atoms with Crippen molar-refractivity contribution in [2.45, 2.75) is 19.1 Å². The largest absolute Gasteiger partial charge is 0.390 e. The summed E-state index contributed by atoms with van der Waals surface area (Å²) in [5.41, 5.74) is 5.12. The predicted molar refractivity (Wildman–Crippen MR) is 41.5 cm³/mol. The minimum Gasteiger partial charge on any atom is -0.390 e. The standard InChI is InChI=1S/C7H12N2O2/c1-4-3-9-6(7(4)11)5(10)2-8/h3-4,6-7,11H,2,8H2,1H3. The molecule has 62 valence electrons. The molecule has 4 nitrogen and oxygen atoms in total. The predicted octanol–water partition coefficient (Wildman–Crippen LogP) is -1.04. The lowest BCUT2D eigenvalue weighted by Crippen LogP contribution is -2.36. The molecule has 0 amide bonds. The zero-order valence-corrected chi connectivity index (χ0v) is 6.40. The van der Waals surface area contributed by atoms with E-state index in [1.165, 1.54) is 0 Å². The van der Waals surface area contributed by atoms with Crippen LogP contribution < -0.4 is 5.73 Å². The average molecular weight is 156 g/mol. The maximum atomic E-state index is 11.0. The van der Waals surface area contributed by atoms with E-state index in [1.54, 1.807) is 6.21 Å². The summed E-state index contributed by atoms with van der Waals surface area (Å²) < 4.78 is 0. The van der Waals surface area contributed by atoms with Crippen LogP contribution in [0.15, 0.2) is 4.99 Å². The molecule has 4 heteroatoms. The topological polar surface area (TPSA) is 75.7 Å². The molecule has 1 rings (SSSR count). The Morgan fingerprint density at radius 3 is 2.82 bits per heavy atom. The molecular formula is C7H12N2O2. The first-order valence-electron chi connectivity index (χ1n) is 3.61. The summed E-state index contributed by atoms with van der Waals surface area (Å²) in [6.45, 7) is 1.77. The van der Waals surface area contributed by atoms with Crippen LogP contribution in [-0.2, 0) is 4.79 Å². The van der Waals surface area contributed by atoms with Gasteiger partial charge in [0.15, 0.2) is 5.78 Å². The molecule has 1 aliphatic rings. The van der Waals surface area contributed by atoms with Gasteiger partial charge in [0.2, 0.25) is 0 Å². The van der Waals surface area contributed by atoms with E-state index in [0.717, 1.165) is 0 Å². The number of aliphatic imine (C=N–C) groups is 1. The third-order valence-electron chi connectivity index (χ3n) is 1.88. The molecule has 0 bridgehead atoms. The molecule has 0 spiro atoms. The normalized spacial score (nSPS) is 36.1. The van der Waals surface area contributed by atoms with Gasteiger partial charge in [0, 0.05) is 12.1 Å². The Kier molecular flexibility index (Phi) is 2.36. The van der Waals surface area contributed by atoms with Crippen LogP contribution in [-0.4, -0.2) is 35.8 Å². The van der Waals surface area contributed by atoms with Crippen molar-refractivity contribution in [3.8, 4) is 0 Å². The SMILES string of the molecule is CC1C=NC(C(=O)CN)C1O. The zero-order valence-electron chi connectivity index (χ0n) is 6.40. The monoisotopic (exact) mass is 156 g/mol. The van der Waals surface area contributed by atoms with Gasteiger partial charge in [-0.3, -0.25) is 9.79 Å². The Hall–Kier alpha value is -0.740. The highest BCUT2D eigenvalue weighted by molar-refractivity contribution is 5.89. The number of carbonyl (C=O) groups excluding carboxylic acids is 1. The highest BCUT2D eigenvalue weighted by Gasteiger charge is 2.32. The Bertz CT molecular complexity index is 191. The fraction of sp³-hybridized carbons (Fsp3) is 0.714. The van der Waals surface area contributed by atoms with Gasteiger partial charge in [-0.1, -0.05) is 6.92 Å². The van der Waals surface area contributed by atoms with Crippen LogP contribution in [0.3, 0.4) is 0 Å². The summed E-state index contributed by atoms with van der Waals surface area (Å²) >= 11 is 0. The molecule has 0 radical (unpaired) electrons. The van der Waals surface area contributed by atoms with Crippen LogP contribution in [0.25, 0.3) is 0 Å². The van der Waals surface area contributed by atoms with Crippen molar-refractivity contribution in [3.63, 3.8) is 0 Å². The molecule has 1 heterocycles. The molecule has 11 heavy (non-hydrogen) atoms. The molecule has 0 saturated carbocycles. The second-order valence-electron chi connectivity index (χ2n) is 2.76. The smallest absolute Gasteiger partial charge is 0.173 e. The molecule has 0 aromatic rings. The number of carbonyl (C=O) groups is 1. The van der Waals surface area contributed by atoms with Crippen LogP contribution in [0, 0.1) is 5.92 Å². The van der Waals surface area contributed by atoms with E-state index < -0.39 is 12.1 Å². The minimum atomic E-state index is -0.675. The van der Waals surface area contributed by atoms with Crippen LogP contribution in [0.4, 0.5) is 0 Å². The Morgan fingerprint density at radius 1 is 1.82 bits per heavy atom. The summed E-state index contributed by atoms with van der Waals surface area (Å²) in [5.74, 6) is -0.228. The van der Waals surface area contributed by atoms with E-state index in [-0.39, 0.29) is 18.2 Å². The molecule has 0 aromatic carbocycles. The lowest BCUT2D eigenvalue weighted by molar-refractivity contribution is -0.121. The number of nitrogens with two attached hydrogens (primary N) is 1. The third-order valence-corrected chi connectivity index (χ3v) is 1.88. The molecule has 0 aliphatic carbocycles. The first-order valence-corrected chi connectivity index (χ1v) is 3.61. The molecule has 0 saturated heterocycles. The van der Waals surface area contributed by atoms with Gasteiger partial charge in [0.25, 0.3) is 0 Å². The molecule has 0 aromatic heterocycles. The highest BCUT2D eigenvalue weighted by Crippen LogP contribution is 2.15. The molecule has 0 fully saturated rings. The van der Waals surface area contributed by atoms with Crippen LogP contribution >= 0.6 is 0 Å². The zero-order chi connectivity index (χ0) is 8.43. The number of nitrogens with zero attached hydrogens (tertiary/aromatic N) is 1. The van der Waals surface area contributed by atoms with Gasteiger partial charge in [0.05, 0.1) is 12.6 Å². The maximum Gasteiger partial charge on any atom is 0.173 e. The Balaban J connectivity index is 2.62. The number of aliphatic hydroxyl groups is 1. The van der Waals surface area contributed by atoms with Crippen molar-refractivity contribution in [2.24, 2.45) is 16.6 Å². The quantitative estimate of drug-likeness (QED) is 0.536. The summed E-state index contributed by atoms with van der Waals surface area (Å²) in [6, 6.07) is -0.616. The molecule has 3 N–H and O–H groups in total. The summed E-state index contributed by atoms with van der Waals surface area (Å²) in [4.78, 5) is 14.8. The van der Waals surface area contributed by atoms with E-state index in [2.05, 4.69) is 4.99 Å². The van der Waals surface area contributed by atoms with Gasteiger partial charge >= 0.3 is 0 Å². The molecular weight excluding hydrogens is 144 g/mol. The first kappa shape index (κ1) is 8.36. The second kappa shape index (κ2) is 3.11. The van der Waals surface area contributed by atoms with E-state index >= 15 is 0 Å². The number of hydrogen-bond acceptors (Lipinski definition) is 4. The second-order valence-corrected chi connectivity index (χ2v) is 2.76. The summed E-state index contributed by atoms with van der Waals surface area (Å²) in [6.07, 6.45) is 0.925. The van der Waals surface area contributed by atoms with Crippen molar-refractivity contribution in [3.05, 3.63) is 0 Å². The van der Waals surface area contributed by atoms with Gasteiger partial charge in [0.1, 0.15) is 6.04 Å². The van der Waals surface area contributed by atoms with E-state index in [9.17, 15) is 9.90 Å². The highest BCUT2D eigenvalue weighted by atomic mass is 16.3. The lowest BCUT2D eigenvalue weighted by Gasteiger charge is -2.12. The van der Waals surface area contributed by atoms with Gasteiger partial charge in [-0.2, -0.15) is 0 Å². The Morgan fingerprint density at radius 2 is 2.45 bits per heavy atom. The minimum absolute atomic E-state index is 0.0319. The van der Waals surface area contributed by atoms with Crippen molar-refractivity contribution in [1.29, 1.82) is 0 Å². The fourth-order valence-corrected chi connectivity index (χ4v) is 1.09. The number of rotatable bonds is 2. The average Bonchev–Trinajstić information content (AvgIpc) is 2.32. The molecule has 3 atom stereocenters. The number of ketones is 1. The van der Waals surface area contributed by atoms with Crippen molar-refractivity contribution in [2.75, 3.05) is 6.54 Å². The molecule has 3 unspecified atom stereocenters. The van der Waals surface area contributed by atoms with Gasteiger partial charge < -0.3 is 10.8 Å². The van der Waals surface area contributed by atoms with Gasteiger partial charge in [-0.15, -0.1) is 0 Å². The third kappa shape index (κ3) is 1.46. The van der Waals surface area contributed by atoms with Crippen LogP contribution in [0.5, 0.6) is 0 Å². The van der Waals surface area contributed by atoms with Crippen molar-refractivity contribution in [1.82, 2.24) is 0 Å². The number of aliphatic hydroxyl groups excluding tert-OH is 1. The summed E-state index contributed by atoms with van der Waals surface area (Å²) in [5, 5.41) is 9.36. The van der Waals surface area contributed by atoms with Crippen LogP contribution in [0.1, 0.15) is 6.92 Å². The first-order chi connectivity index (χ1) is 5.16. The fourth-order valence-electron chi connectivity index (χ4n) is 1.09. The molecule has 1 aliphatic heterocycles. The van der Waals surface area contributed by atoms with Crippen molar-refractivity contribution < 1.29 is 9.90 Å². The van der Waals surface area contributed by atoms with Crippen molar-refractivity contribution >= 4 is 12.0 Å². The van der Waals surface area contributed by atoms with Gasteiger partial charge in [-0.05, 0) is 0 Å². The van der Waals surface area contributed by atoms with Crippen LogP contribution in [0.2, 0.25) is 0 Å². The van der Waals surface area contributed by atoms with E-state index in [1.807, 2.05) is 6.92 Å². The number of Topliss-reactive ketones (excluding diaryl/α,β-unsaturated/α-hetero) is 1. The maximum absolute atomic E-state index is 11.0. The van der Waals surface area contributed by atoms with E-state index in [4.69, 9.17) is 5.73 Å². The van der Waals surface area contributed by atoms with Gasteiger partial charge in [-0.25, -0.2) is 0 Å². The Labute approximate surface area is 65.1 Å². The summed E-state index contributed by atoms with van der Waals surface area (Å²) in [7, 11) is 0. The number of hydrogen-bond donors (Lipinski definition) is 2.